The maximum atomic E-state index is 13.2. The molecular weight excluding hydrogens is 463 g/mol. The Morgan fingerprint density at radius 1 is 0.943 bits per heavy atom. The summed E-state index contributed by atoms with van der Waals surface area (Å²) in [6.07, 6.45) is -1.76. The van der Waals surface area contributed by atoms with Gasteiger partial charge in [0.1, 0.15) is 12.4 Å². The van der Waals surface area contributed by atoms with Crippen molar-refractivity contribution in [3.05, 3.63) is 89.5 Å². The second kappa shape index (κ2) is 11.2. The number of methoxy groups -OCH3 is 1. The minimum absolute atomic E-state index is 0.183. The van der Waals surface area contributed by atoms with Gasteiger partial charge in [-0.3, -0.25) is 9.59 Å². The second-order valence-corrected chi connectivity index (χ2v) is 7.27. The van der Waals surface area contributed by atoms with Gasteiger partial charge in [-0.25, -0.2) is 0 Å². The summed E-state index contributed by atoms with van der Waals surface area (Å²) in [6.45, 7) is 1.08. The number of para-hydroxylation sites is 2. The first kappa shape index (κ1) is 25.4. The van der Waals surface area contributed by atoms with Gasteiger partial charge in [0.15, 0.2) is 11.5 Å². The molecule has 3 aromatic carbocycles. The largest absolute Gasteiger partial charge is 0.493 e. The molecule has 6 nitrogen and oxygen atoms in total. The summed E-state index contributed by atoms with van der Waals surface area (Å²) < 4.78 is 55.3. The Labute approximate surface area is 199 Å². The average molecular weight is 485 g/mol. The van der Waals surface area contributed by atoms with Gasteiger partial charge in [0.05, 0.1) is 12.7 Å². The third-order valence-corrected chi connectivity index (χ3v) is 4.72. The molecule has 0 aliphatic carbocycles. The van der Waals surface area contributed by atoms with E-state index in [1.165, 1.54) is 44.4 Å². The lowest BCUT2D eigenvalue weighted by atomic mass is 10.1. The van der Waals surface area contributed by atoms with Gasteiger partial charge >= 0.3 is 12.1 Å². The maximum absolute atomic E-state index is 13.2. The van der Waals surface area contributed by atoms with E-state index in [9.17, 15) is 22.8 Å². The average Bonchev–Trinajstić information content (AvgIpc) is 2.81. The zero-order chi connectivity index (χ0) is 25.4. The van der Waals surface area contributed by atoms with Gasteiger partial charge in [-0.1, -0.05) is 36.4 Å². The highest BCUT2D eigenvalue weighted by Gasteiger charge is 2.34. The molecule has 0 aromatic heterocycles. The number of ether oxygens (including phenoxy) is 3. The van der Waals surface area contributed by atoms with Crippen LogP contribution in [0, 0.1) is 0 Å². The molecule has 0 bridgehead atoms. The minimum atomic E-state index is -4.55. The summed E-state index contributed by atoms with van der Waals surface area (Å²) in [5.41, 5.74) is 0.587. The van der Waals surface area contributed by atoms with E-state index in [4.69, 9.17) is 14.2 Å². The van der Waals surface area contributed by atoms with Crippen molar-refractivity contribution in [3.8, 4) is 17.2 Å². The van der Waals surface area contributed by atoms with E-state index in [0.717, 1.165) is 6.07 Å². The Balaban J connectivity index is 1.71. The van der Waals surface area contributed by atoms with E-state index >= 15 is 0 Å². The van der Waals surface area contributed by atoms with Gasteiger partial charge in [0.2, 0.25) is 5.91 Å². The van der Waals surface area contributed by atoms with Crippen LogP contribution in [0.4, 0.5) is 18.9 Å². The van der Waals surface area contributed by atoms with E-state index in [1.807, 2.05) is 0 Å². The van der Waals surface area contributed by atoms with E-state index < -0.39 is 23.6 Å². The number of alkyl halides is 3. The van der Waals surface area contributed by atoms with Crippen LogP contribution >= 0.6 is 0 Å². The molecular formula is C26H22F3NO5. The van der Waals surface area contributed by atoms with Gasteiger partial charge in [0.25, 0.3) is 0 Å². The highest BCUT2D eigenvalue weighted by atomic mass is 19.4. The number of carbonyl (C=O) groups excluding carboxylic acids is 2. The van der Waals surface area contributed by atoms with Crippen LogP contribution in [0.25, 0.3) is 6.08 Å². The zero-order valence-electron chi connectivity index (χ0n) is 18.9. The molecule has 0 atom stereocenters. The summed E-state index contributed by atoms with van der Waals surface area (Å²) in [5, 5.41) is 2.69. The first-order valence-electron chi connectivity index (χ1n) is 10.4. The van der Waals surface area contributed by atoms with Crippen molar-refractivity contribution in [1.29, 1.82) is 0 Å². The molecule has 35 heavy (non-hydrogen) atoms. The van der Waals surface area contributed by atoms with Crippen LogP contribution in [0.15, 0.2) is 72.8 Å². The molecule has 0 heterocycles. The molecule has 0 aliphatic heterocycles. The van der Waals surface area contributed by atoms with Crippen LogP contribution in [0.5, 0.6) is 17.2 Å². The van der Waals surface area contributed by atoms with Crippen molar-refractivity contribution in [2.75, 3.05) is 12.4 Å². The van der Waals surface area contributed by atoms with Gasteiger partial charge in [-0.15, -0.1) is 0 Å². The number of anilines is 1. The zero-order valence-corrected chi connectivity index (χ0v) is 18.9. The summed E-state index contributed by atoms with van der Waals surface area (Å²) in [5.74, 6) is -0.715. The number of nitrogens with one attached hydrogen (secondary N) is 1. The number of amides is 1. The molecule has 9 heteroatoms. The predicted octanol–water partition coefficient (Wildman–Crippen LogP) is 5.87. The fourth-order valence-electron chi connectivity index (χ4n) is 3.13. The fraction of sp³-hybridized carbons (Fsp3) is 0.154. The number of halogens is 3. The van der Waals surface area contributed by atoms with Crippen molar-refractivity contribution in [2.45, 2.75) is 19.7 Å². The SMILES string of the molecule is COc1ccc(/C=C/C(=O)Nc2ccccc2COc2ccccc2C(F)(F)F)cc1OC(C)=O. The Morgan fingerprint density at radius 3 is 2.37 bits per heavy atom. The first-order chi connectivity index (χ1) is 16.7. The van der Waals surface area contributed by atoms with Gasteiger partial charge in [-0.2, -0.15) is 13.2 Å². The van der Waals surface area contributed by atoms with E-state index in [2.05, 4.69) is 5.32 Å². The molecule has 182 valence electrons. The Hall–Kier alpha value is -4.27. The fourth-order valence-corrected chi connectivity index (χ4v) is 3.13. The normalized spacial score (nSPS) is 11.2. The molecule has 0 fully saturated rings. The Morgan fingerprint density at radius 2 is 1.66 bits per heavy atom. The Bertz CT molecular complexity index is 1240. The molecule has 3 aromatic rings. The third kappa shape index (κ3) is 7.10. The summed E-state index contributed by atoms with van der Waals surface area (Å²) in [7, 11) is 1.44. The lowest BCUT2D eigenvalue weighted by Gasteiger charge is -2.15. The number of rotatable bonds is 8. The molecule has 0 spiro atoms. The van der Waals surface area contributed by atoms with Gasteiger partial charge in [-0.05, 0) is 42.0 Å². The van der Waals surface area contributed by atoms with Crippen LogP contribution in [0.1, 0.15) is 23.6 Å². The van der Waals surface area contributed by atoms with Crippen molar-refractivity contribution in [3.63, 3.8) is 0 Å². The van der Waals surface area contributed by atoms with Crippen molar-refractivity contribution < 1.29 is 37.0 Å². The van der Waals surface area contributed by atoms with Crippen molar-refractivity contribution >= 4 is 23.6 Å². The monoisotopic (exact) mass is 485 g/mol. The summed E-state index contributed by atoms with van der Waals surface area (Å²) >= 11 is 0. The summed E-state index contributed by atoms with van der Waals surface area (Å²) in [4.78, 5) is 23.8. The number of esters is 1. The third-order valence-electron chi connectivity index (χ3n) is 4.72. The molecule has 3 rings (SSSR count). The molecule has 0 unspecified atom stereocenters. The summed E-state index contributed by atoms with van der Waals surface area (Å²) in [6, 6.07) is 16.4. The van der Waals surface area contributed by atoms with E-state index in [0.29, 0.717) is 22.6 Å². The lowest BCUT2D eigenvalue weighted by molar-refractivity contribution is -0.139. The van der Waals surface area contributed by atoms with Crippen LogP contribution in [0.2, 0.25) is 0 Å². The molecule has 1 amide bonds. The number of carbonyl (C=O) groups is 2. The van der Waals surface area contributed by atoms with Crippen LogP contribution in [0.3, 0.4) is 0 Å². The first-order valence-corrected chi connectivity index (χ1v) is 10.4. The molecule has 0 aliphatic rings. The van der Waals surface area contributed by atoms with Crippen molar-refractivity contribution in [2.24, 2.45) is 0 Å². The smallest absolute Gasteiger partial charge is 0.419 e. The topological polar surface area (TPSA) is 73.9 Å². The van der Waals surface area contributed by atoms with Crippen LogP contribution in [-0.4, -0.2) is 19.0 Å². The highest BCUT2D eigenvalue weighted by Crippen LogP contribution is 2.36. The van der Waals surface area contributed by atoms with Crippen molar-refractivity contribution in [1.82, 2.24) is 0 Å². The Kier molecular flexibility index (Phi) is 8.14. The second-order valence-electron chi connectivity index (χ2n) is 7.27. The highest BCUT2D eigenvalue weighted by molar-refractivity contribution is 6.02. The molecule has 0 saturated carbocycles. The molecule has 0 radical (unpaired) electrons. The minimum Gasteiger partial charge on any atom is -0.493 e. The van der Waals surface area contributed by atoms with Gasteiger partial charge in [0, 0.05) is 24.3 Å². The van der Waals surface area contributed by atoms with E-state index in [-0.39, 0.29) is 18.1 Å². The molecule has 0 saturated heterocycles. The number of hydrogen-bond acceptors (Lipinski definition) is 5. The van der Waals surface area contributed by atoms with Crippen LogP contribution in [-0.2, 0) is 22.4 Å². The molecule has 1 N–H and O–H groups in total. The van der Waals surface area contributed by atoms with Crippen LogP contribution < -0.4 is 19.5 Å². The number of benzene rings is 3. The quantitative estimate of drug-likeness (QED) is 0.245. The van der Waals surface area contributed by atoms with Gasteiger partial charge < -0.3 is 19.5 Å². The lowest BCUT2D eigenvalue weighted by Crippen LogP contribution is -2.12. The van der Waals surface area contributed by atoms with E-state index in [1.54, 1.807) is 42.5 Å². The number of hydrogen-bond donors (Lipinski definition) is 1. The predicted molar refractivity (Wildman–Crippen MR) is 124 cm³/mol. The maximum Gasteiger partial charge on any atom is 0.419 e. The standard InChI is InChI=1S/C26H22F3NO5/c1-17(31)35-24-15-18(11-13-23(24)33-2)12-14-25(32)30-21-9-5-3-7-19(21)16-34-22-10-6-4-8-20(22)26(27,28)29/h3-15H,16H2,1-2H3,(H,30,32)/b14-12+.